The van der Waals surface area contributed by atoms with Gasteiger partial charge in [0.1, 0.15) is 11.9 Å². The molecule has 0 spiro atoms. The first-order chi connectivity index (χ1) is 12.0. The fourth-order valence-electron chi connectivity index (χ4n) is 2.55. The average Bonchev–Trinajstić information content (AvgIpc) is 3.02. The van der Waals surface area contributed by atoms with Crippen LogP contribution in [0.3, 0.4) is 0 Å². The molecule has 0 saturated carbocycles. The molecule has 0 radical (unpaired) electrons. The van der Waals surface area contributed by atoms with Crippen molar-refractivity contribution in [3.63, 3.8) is 0 Å². The highest BCUT2D eigenvalue weighted by molar-refractivity contribution is 5.92. The van der Waals surface area contributed by atoms with Crippen LogP contribution >= 0.6 is 0 Å². The summed E-state index contributed by atoms with van der Waals surface area (Å²) in [4.78, 5) is 19.2. The van der Waals surface area contributed by atoms with Crippen molar-refractivity contribution < 1.29 is 9.53 Å². The van der Waals surface area contributed by atoms with Crippen molar-refractivity contribution in [3.8, 4) is 6.07 Å². The molecule has 0 aliphatic heterocycles. The monoisotopic (exact) mass is 331 g/mol. The van der Waals surface area contributed by atoms with Crippen molar-refractivity contribution in [1.29, 1.82) is 5.26 Å². The molecule has 5 heteroatoms. The van der Waals surface area contributed by atoms with Crippen LogP contribution in [0.5, 0.6) is 0 Å². The Kier molecular flexibility index (Phi) is 4.36. The third-order valence-corrected chi connectivity index (χ3v) is 4.12. The molecule has 1 heterocycles. The Bertz CT molecular complexity index is 983. The van der Waals surface area contributed by atoms with Gasteiger partial charge >= 0.3 is 5.97 Å². The molecular formula is C20H17N3O2. The number of carbonyl (C=O) groups excluding carboxylic acids is 1. The maximum atomic E-state index is 11.5. The number of aromatic amines is 1. The summed E-state index contributed by atoms with van der Waals surface area (Å²) in [6, 6.07) is 13.1. The zero-order chi connectivity index (χ0) is 18.0. The van der Waals surface area contributed by atoms with E-state index in [1.165, 1.54) is 12.7 Å². The number of fused-ring (bicyclic) bond motifs is 1. The lowest BCUT2D eigenvalue weighted by atomic mass is 10.1. The second-order valence-electron chi connectivity index (χ2n) is 5.82. The highest BCUT2D eigenvalue weighted by Crippen LogP contribution is 2.22. The minimum Gasteiger partial charge on any atom is -0.465 e. The van der Waals surface area contributed by atoms with Gasteiger partial charge in [0, 0.05) is 0 Å². The SMILES string of the molecule is COC(=O)c1ccc(C=C(C#N)c2nc3cc(C)c(C)cc3[nH]2)cc1. The van der Waals surface area contributed by atoms with Crippen LogP contribution < -0.4 is 0 Å². The number of nitriles is 1. The smallest absolute Gasteiger partial charge is 0.337 e. The molecule has 0 atom stereocenters. The van der Waals surface area contributed by atoms with Crippen LogP contribution in [0.2, 0.25) is 0 Å². The minimum atomic E-state index is -0.390. The van der Waals surface area contributed by atoms with E-state index in [-0.39, 0.29) is 5.97 Å². The lowest BCUT2D eigenvalue weighted by molar-refractivity contribution is 0.0600. The summed E-state index contributed by atoms with van der Waals surface area (Å²) in [5, 5.41) is 9.50. The number of nitrogens with one attached hydrogen (secondary N) is 1. The first-order valence-electron chi connectivity index (χ1n) is 7.79. The number of methoxy groups -OCH3 is 1. The molecule has 0 bridgehead atoms. The third-order valence-electron chi connectivity index (χ3n) is 4.12. The average molecular weight is 331 g/mol. The van der Waals surface area contributed by atoms with Crippen LogP contribution in [-0.2, 0) is 4.74 Å². The van der Waals surface area contributed by atoms with Crippen LogP contribution in [0.15, 0.2) is 36.4 Å². The van der Waals surface area contributed by atoms with Crippen LogP contribution in [-0.4, -0.2) is 23.0 Å². The van der Waals surface area contributed by atoms with E-state index >= 15 is 0 Å². The van der Waals surface area contributed by atoms with E-state index in [9.17, 15) is 10.1 Å². The number of aryl methyl sites for hydroxylation is 2. The zero-order valence-electron chi connectivity index (χ0n) is 14.3. The Morgan fingerprint density at radius 2 is 1.88 bits per heavy atom. The van der Waals surface area contributed by atoms with Crippen molar-refractivity contribution in [2.24, 2.45) is 0 Å². The van der Waals surface area contributed by atoms with E-state index in [1.54, 1.807) is 30.3 Å². The molecule has 0 unspecified atom stereocenters. The molecule has 3 aromatic rings. The van der Waals surface area contributed by atoms with Crippen molar-refractivity contribution in [1.82, 2.24) is 9.97 Å². The van der Waals surface area contributed by atoms with E-state index in [4.69, 9.17) is 0 Å². The Hall–Kier alpha value is -3.39. The van der Waals surface area contributed by atoms with Gasteiger partial charge in [0.15, 0.2) is 0 Å². The fourth-order valence-corrected chi connectivity index (χ4v) is 2.55. The zero-order valence-corrected chi connectivity index (χ0v) is 14.3. The van der Waals surface area contributed by atoms with E-state index in [2.05, 4.69) is 20.8 Å². The molecule has 0 fully saturated rings. The van der Waals surface area contributed by atoms with E-state index in [0.717, 1.165) is 22.2 Å². The molecule has 1 aromatic heterocycles. The number of benzene rings is 2. The van der Waals surface area contributed by atoms with E-state index in [0.29, 0.717) is 17.0 Å². The number of aromatic nitrogens is 2. The molecule has 0 aliphatic rings. The molecule has 0 aliphatic carbocycles. The number of ether oxygens (including phenoxy) is 1. The van der Waals surface area contributed by atoms with Gasteiger partial charge in [-0.25, -0.2) is 9.78 Å². The molecular weight excluding hydrogens is 314 g/mol. The van der Waals surface area contributed by atoms with Gasteiger partial charge in [-0.3, -0.25) is 0 Å². The predicted molar refractivity (Wildman–Crippen MR) is 96.8 cm³/mol. The molecule has 124 valence electrons. The van der Waals surface area contributed by atoms with Crippen LogP contribution in [0.25, 0.3) is 22.7 Å². The van der Waals surface area contributed by atoms with E-state index < -0.39 is 0 Å². The number of allylic oxidation sites excluding steroid dienone is 1. The Labute approximate surface area is 145 Å². The predicted octanol–water partition coefficient (Wildman–Crippen LogP) is 4.03. The maximum absolute atomic E-state index is 11.5. The molecule has 5 nitrogen and oxygen atoms in total. The number of imidazole rings is 1. The highest BCUT2D eigenvalue weighted by atomic mass is 16.5. The Morgan fingerprint density at radius 3 is 2.52 bits per heavy atom. The lowest BCUT2D eigenvalue weighted by Gasteiger charge is -2.00. The van der Waals surface area contributed by atoms with Gasteiger partial charge in [0.05, 0.1) is 29.3 Å². The summed E-state index contributed by atoms with van der Waals surface area (Å²) < 4.78 is 4.68. The van der Waals surface area contributed by atoms with Crippen LogP contribution in [0.1, 0.15) is 32.9 Å². The van der Waals surface area contributed by atoms with Crippen LogP contribution in [0.4, 0.5) is 0 Å². The van der Waals surface area contributed by atoms with Crippen molar-refractivity contribution in [2.75, 3.05) is 7.11 Å². The van der Waals surface area contributed by atoms with Gasteiger partial charge in [-0.15, -0.1) is 0 Å². The van der Waals surface area contributed by atoms with Crippen molar-refractivity contribution in [3.05, 3.63) is 64.5 Å². The quantitative estimate of drug-likeness (QED) is 0.580. The van der Waals surface area contributed by atoms with E-state index in [1.807, 2.05) is 26.0 Å². The summed E-state index contributed by atoms with van der Waals surface area (Å²) in [6.45, 7) is 4.08. The first kappa shape index (κ1) is 16.5. The van der Waals surface area contributed by atoms with Gasteiger partial charge in [0.25, 0.3) is 0 Å². The summed E-state index contributed by atoms with van der Waals surface area (Å²) in [5.41, 5.74) is 5.76. The summed E-state index contributed by atoms with van der Waals surface area (Å²) >= 11 is 0. The number of rotatable bonds is 3. The summed E-state index contributed by atoms with van der Waals surface area (Å²) in [6.07, 6.45) is 1.73. The number of carbonyl (C=O) groups is 1. The van der Waals surface area contributed by atoms with Gasteiger partial charge in [0.2, 0.25) is 0 Å². The van der Waals surface area contributed by atoms with Crippen LogP contribution in [0, 0.1) is 25.2 Å². The molecule has 1 N–H and O–H groups in total. The lowest BCUT2D eigenvalue weighted by Crippen LogP contribution is -2.00. The largest absolute Gasteiger partial charge is 0.465 e. The standard InChI is InChI=1S/C20H17N3O2/c1-12-8-17-18(9-13(12)2)23-19(22-17)16(11-21)10-14-4-6-15(7-5-14)20(24)25-3/h4-10H,1-3H3,(H,22,23). The highest BCUT2D eigenvalue weighted by Gasteiger charge is 2.10. The molecule has 2 aromatic carbocycles. The number of esters is 1. The first-order valence-corrected chi connectivity index (χ1v) is 7.79. The number of hydrogen-bond acceptors (Lipinski definition) is 4. The second kappa shape index (κ2) is 6.62. The summed E-state index contributed by atoms with van der Waals surface area (Å²) in [5.74, 6) is 0.138. The third kappa shape index (κ3) is 3.29. The van der Waals surface area contributed by atoms with Gasteiger partial charge in [-0.2, -0.15) is 5.26 Å². The molecule has 3 rings (SSSR count). The van der Waals surface area contributed by atoms with Gasteiger partial charge < -0.3 is 9.72 Å². The molecule has 0 amide bonds. The minimum absolute atomic E-state index is 0.390. The number of nitrogens with zero attached hydrogens (tertiary/aromatic N) is 2. The van der Waals surface area contributed by atoms with Crippen molar-refractivity contribution >= 4 is 28.7 Å². The Balaban J connectivity index is 1.98. The Morgan fingerprint density at radius 1 is 1.20 bits per heavy atom. The molecule has 25 heavy (non-hydrogen) atoms. The second-order valence-corrected chi connectivity index (χ2v) is 5.82. The summed E-state index contributed by atoms with van der Waals surface area (Å²) in [7, 11) is 1.34. The normalized spacial score (nSPS) is 11.4. The van der Waals surface area contributed by atoms with Crippen molar-refractivity contribution in [2.45, 2.75) is 13.8 Å². The number of hydrogen-bond donors (Lipinski definition) is 1. The maximum Gasteiger partial charge on any atom is 0.337 e. The van der Waals surface area contributed by atoms with Gasteiger partial charge in [-0.05, 0) is 60.9 Å². The number of H-pyrrole nitrogens is 1. The topological polar surface area (TPSA) is 78.8 Å². The molecule has 0 saturated heterocycles. The fraction of sp³-hybridized carbons (Fsp3) is 0.150. The van der Waals surface area contributed by atoms with Gasteiger partial charge in [-0.1, -0.05) is 12.1 Å².